The van der Waals surface area contributed by atoms with Gasteiger partial charge in [-0.05, 0) is 134 Å². The second kappa shape index (κ2) is 19.5. The number of benzene rings is 2. The zero-order valence-electron chi connectivity index (χ0n) is 31.2. The fraction of sp³-hybridized carbons (Fsp3) is 0.432. The number of hydrogen-bond acceptors (Lipinski definition) is 4. The van der Waals surface area contributed by atoms with Crippen molar-refractivity contribution in [1.82, 2.24) is 0 Å². The maximum atomic E-state index is 12.3. The Morgan fingerprint density at radius 3 is 2.18 bits per heavy atom. The number of alkyl halides is 3. The van der Waals surface area contributed by atoms with Crippen molar-refractivity contribution in [3.63, 3.8) is 0 Å². The number of carbonyl (C=O) groups is 2. The van der Waals surface area contributed by atoms with Gasteiger partial charge in [0, 0.05) is 36.9 Å². The average molecular weight is 702 g/mol. The fourth-order valence-corrected chi connectivity index (χ4v) is 7.49. The topological polar surface area (TPSA) is 66.7 Å². The minimum Gasteiger partial charge on any atom is -0.400 e. The minimum atomic E-state index is -3.96. The highest BCUT2D eigenvalue weighted by Crippen LogP contribution is 2.44. The van der Waals surface area contributed by atoms with Crippen LogP contribution in [0, 0.1) is 5.92 Å². The largest absolute Gasteiger partial charge is 0.400 e. The van der Waals surface area contributed by atoms with Gasteiger partial charge in [0.05, 0.1) is 0 Å². The van der Waals surface area contributed by atoms with Crippen LogP contribution in [0.25, 0.3) is 23.3 Å². The third-order valence-corrected chi connectivity index (χ3v) is 10.1. The van der Waals surface area contributed by atoms with Crippen molar-refractivity contribution in [3.05, 3.63) is 104 Å². The van der Waals surface area contributed by atoms with Crippen molar-refractivity contribution >= 4 is 41.6 Å². The monoisotopic (exact) mass is 701 g/mol. The summed E-state index contributed by atoms with van der Waals surface area (Å²) in [7, 11) is 1.00. The lowest BCUT2D eigenvalue weighted by molar-refractivity contribution is -0.130. The van der Waals surface area contributed by atoms with E-state index < -0.39 is 12.6 Å². The zero-order valence-corrected chi connectivity index (χ0v) is 31.2. The van der Waals surface area contributed by atoms with Crippen molar-refractivity contribution < 1.29 is 27.9 Å². The Kier molecular flexibility index (Phi) is 15.8. The Morgan fingerprint density at radius 1 is 0.902 bits per heavy atom. The second-order valence-corrected chi connectivity index (χ2v) is 13.4. The van der Waals surface area contributed by atoms with E-state index in [9.17, 15) is 18.0 Å². The molecule has 0 spiro atoms. The van der Waals surface area contributed by atoms with Crippen LogP contribution in [0.3, 0.4) is 0 Å². The molecule has 0 radical (unpaired) electrons. The Labute approximate surface area is 302 Å². The van der Waals surface area contributed by atoms with Crippen LogP contribution >= 0.6 is 0 Å². The van der Waals surface area contributed by atoms with Crippen LogP contribution in [-0.4, -0.2) is 36.7 Å². The number of aliphatic hydroxyl groups is 1. The van der Waals surface area contributed by atoms with E-state index in [1.807, 2.05) is 6.79 Å². The summed E-state index contributed by atoms with van der Waals surface area (Å²) in [6.07, 6.45) is 18.6. The summed E-state index contributed by atoms with van der Waals surface area (Å²) < 4.78 is 32.4. The zero-order chi connectivity index (χ0) is 37.7. The first-order valence-electron chi connectivity index (χ1n) is 18.1. The molecule has 274 valence electrons. The van der Waals surface area contributed by atoms with Gasteiger partial charge in [0.15, 0.2) is 5.78 Å². The van der Waals surface area contributed by atoms with Gasteiger partial charge in [-0.2, -0.15) is 13.2 Å². The number of aryl methyl sites for hydroxylation is 1. The molecule has 0 amide bonds. The Morgan fingerprint density at radius 2 is 1.57 bits per heavy atom. The summed E-state index contributed by atoms with van der Waals surface area (Å²) in [5.74, 6) is 0.714. The van der Waals surface area contributed by atoms with E-state index >= 15 is 0 Å². The highest BCUT2D eigenvalue weighted by molar-refractivity contribution is 5.98. The number of allylic oxidation sites excluding steroid dienone is 8. The molecule has 0 saturated heterocycles. The number of ketones is 1. The molecule has 3 aliphatic carbocycles. The summed E-state index contributed by atoms with van der Waals surface area (Å²) in [5, 5.41) is 7.00. The first-order chi connectivity index (χ1) is 24.5. The molecule has 7 heteroatoms. The predicted octanol–water partition coefficient (Wildman–Crippen LogP) is 11.8. The first kappa shape index (κ1) is 41.3. The van der Waals surface area contributed by atoms with E-state index in [0.717, 1.165) is 57.4 Å². The van der Waals surface area contributed by atoms with Crippen molar-refractivity contribution in [1.29, 1.82) is 0 Å². The molecular weight excluding hydrogens is 647 g/mol. The van der Waals surface area contributed by atoms with E-state index in [0.29, 0.717) is 5.92 Å². The van der Waals surface area contributed by atoms with Crippen LogP contribution in [0.1, 0.15) is 136 Å². The van der Waals surface area contributed by atoms with Crippen LogP contribution in [0.15, 0.2) is 70.4 Å². The fourth-order valence-electron chi connectivity index (χ4n) is 7.49. The van der Waals surface area contributed by atoms with Gasteiger partial charge in [-0.1, -0.05) is 80.8 Å². The lowest BCUT2D eigenvalue weighted by Crippen LogP contribution is -2.12. The van der Waals surface area contributed by atoms with Crippen LogP contribution in [0.2, 0.25) is 0 Å². The van der Waals surface area contributed by atoms with E-state index in [1.165, 1.54) is 93.5 Å². The molecule has 0 aromatic heterocycles. The summed E-state index contributed by atoms with van der Waals surface area (Å²) >= 11 is 0. The molecule has 0 unspecified atom stereocenters. The number of carbonyl (C=O) groups excluding carboxylic acids is 2. The number of aliphatic imine (C=N–C) groups is 1. The molecule has 4 aliphatic rings. The molecule has 51 heavy (non-hydrogen) atoms. The SMILES string of the molecule is C=O.CC(=O)c1ccc2c(c1)CCC/C=C\c1c(ccc3c1C=CC(C1=C(C)N=C(C)C1)=CC3)/C(C)=C/2C1CCCCC1.CCC(F)(F)F.CO. The number of hydrogen-bond donors (Lipinski definition) is 1. The number of halogens is 3. The lowest BCUT2D eigenvalue weighted by atomic mass is 9.75. The normalized spacial score (nSPS) is 19.4. The molecule has 0 bridgehead atoms. The highest BCUT2D eigenvalue weighted by Gasteiger charge is 2.26. The molecule has 4 nitrogen and oxygen atoms in total. The molecule has 1 fully saturated rings. The molecule has 1 N–H and O–H groups in total. The lowest BCUT2D eigenvalue weighted by Gasteiger charge is -2.29. The summed E-state index contributed by atoms with van der Waals surface area (Å²) in [5.41, 5.74) is 17.0. The Hall–Kier alpha value is -4.10. The molecule has 2 aromatic carbocycles. The van der Waals surface area contributed by atoms with Crippen molar-refractivity contribution in [2.24, 2.45) is 10.9 Å². The van der Waals surface area contributed by atoms with E-state index in [2.05, 4.69) is 81.5 Å². The van der Waals surface area contributed by atoms with Crippen molar-refractivity contribution in [2.45, 2.75) is 111 Å². The van der Waals surface area contributed by atoms with Gasteiger partial charge in [-0.25, -0.2) is 0 Å². The molecule has 1 aliphatic heterocycles. The number of nitrogens with zero attached hydrogens (tertiary/aromatic N) is 1. The van der Waals surface area contributed by atoms with E-state index in [1.54, 1.807) is 6.92 Å². The first-order valence-corrected chi connectivity index (χ1v) is 18.1. The van der Waals surface area contributed by atoms with Crippen LogP contribution in [-0.2, 0) is 17.6 Å². The number of fused-ring (bicyclic) bond motifs is 4. The van der Waals surface area contributed by atoms with E-state index in [-0.39, 0.29) is 5.78 Å². The number of Topliss-reactive ketones (excluding diaryl/α,β-unsaturated/α-hetero) is 1. The van der Waals surface area contributed by atoms with Gasteiger partial charge in [-0.15, -0.1) is 0 Å². The predicted molar refractivity (Wildman–Crippen MR) is 207 cm³/mol. The highest BCUT2D eigenvalue weighted by atomic mass is 19.4. The maximum Gasteiger partial charge on any atom is 0.388 e. The van der Waals surface area contributed by atoms with Gasteiger partial charge in [0.2, 0.25) is 0 Å². The van der Waals surface area contributed by atoms with Gasteiger partial charge in [0.25, 0.3) is 0 Å². The van der Waals surface area contributed by atoms with Crippen LogP contribution < -0.4 is 0 Å². The molecular formula is C44H54F3NO3. The third-order valence-electron chi connectivity index (χ3n) is 10.1. The minimum absolute atomic E-state index is 0.153. The molecule has 6 rings (SSSR count). The summed E-state index contributed by atoms with van der Waals surface area (Å²) in [6, 6.07) is 11.3. The van der Waals surface area contributed by atoms with E-state index in [4.69, 9.17) is 14.9 Å². The molecule has 1 saturated carbocycles. The Bertz CT molecular complexity index is 1730. The maximum absolute atomic E-state index is 12.3. The second-order valence-electron chi connectivity index (χ2n) is 13.4. The van der Waals surface area contributed by atoms with Crippen LogP contribution in [0.4, 0.5) is 13.2 Å². The van der Waals surface area contributed by atoms with Crippen molar-refractivity contribution in [3.8, 4) is 0 Å². The molecule has 2 aromatic rings. The third kappa shape index (κ3) is 10.7. The quantitative estimate of drug-likeness (QED) is 0.324. The van der Waals surface area contributed by atoms with Crippen LogP contribution in [0.5, 0.6) is 0 Å². The number of aliphatic hydroxyl groups excluding tert-OH is 1. The van der Waals surface area contributed by atoms with Gasteiger partial charge in [0.1, 0.15) is 6.79 Å². The van der Waals surface area contributed by atoms with Gasteiger partial charge in [-0.3, -0.25) is 9.79 Å². The molecule has 1 heterocycles. The number of rotatable bonds is 3. The average Bonchev–Trinajstić information content (AvgIpc) is 3.32. The van der Waals surface area contributed by atoms with Gasteiger partial charge < -0.3 is 9.90 Å². The molecule has 0 atom stereocenters. The summed E-state index contributed by atoms with van der Waals surface area (Å²) in [6.45, 7) is 11.4. The standard InChI is InChI=1S/C39H43NO.C3H5F3.CH4O.CH2O/c1-25-23-38(27(3)40-25)30-16-15-29-17-20-34-26(2)39(31-11-7-5-8-12-31)36-22-19-32(28(4)41)24-33(36)13-9-6-10-14-37(34)35(29)21-18-30;1-2-3(4,5)6;2*1-2/h10,14,16-22,24,31H,5-9,11-13,15,23H2,1-4H3;2H2,1H3;2H,1H3;1H2/b14-10-,39-26+;;;. The summed E-state index contributed by atoms with van der Waals surface area (Å²) in [4.78, 5) is 25.1. The Balaban J connectivity index is 0.000000630. The van der Waals surface area contributed by atoms with Crippen molar-refractivity contribution in [2.75, 3.05) is 7.11 Å². The smallest absolute Gasteiger partial charge is 0.388 e. The van der Waals surface area contributed by atoms with Gasteiger partial charge >= 0.3 is 6.18 Å².